The van der Waals surface area contributed by atoms with Crippen LogP contribution in [0.1, 0.15) is 46.8 Å². The van der Waals surface area contributed by atoms with Crippen molar-refractivity contribution >= 4 is 11.6 Å². The van der Waals surface area contributed by atoms with E-state index in [1.165, 1.54) is 11.1 Å². The van der Waals surface area contributed by atoms with Gasteiger partial charge in [-0.3, -0.25) is 9.59 Å². The number of ether oxygens (including phenoxy) is 1. The van der Waals surface area contributed by atoms with E-state index in [0.29, 0.717) is 19.8 Å². The first-order chi connectivity index (χ1) is 14.7. The SMILES string of the molecule is O=C(c1cccc2c1CCC2)N1CCC[C@H](n2ncc(N3CCOCC3)cc2=O)C1. The number of morpholine rings is 1. The molecule has 0 bridgehead atoms. The van der Waals surface area contributed by atoms with Gasteiger partial charge in [-0.1, -0.05) is 12.1 Å². The van der Waals surface area contributed by atoms with Crippen LogP contribution in [0.3, 0.4) is 0 Å². The first-order valence-electron chi connectivity index (χ1n) is 11.0. The number of aromatic nitrogens is 2. The summed E-state index contributed by atoms with van der Waals surface area (Å²) in [6.07, 6.45) is 6.69. The fourth-order valence-electron chi connectivity index (χ4n) is 5.01. The van der Waals surface area contributed by atoms with Crippen LogP contribution in [0.5, 0.6) is 0 Å². The van der Waals surface area contributed by atoms with Crippen LogP contribution in [-0.4, -0.2) is 60.0 Å². The van der Waals surface area contributed by atoms with Crippen molar-refractivity contribution < 1.29 is 9.53 Å². The molecule has 3 heterocycles. The fourth-order valence-corrected chi connectivity index (χ4v) is 5.01. The minimum Gasteiger partial charge on any atom is -0.378 e. The highest BCUT2D eigenvalue weighted by molar-refractivity contribution is 5.96. The summed E-state index contributed by atoms with van der Waals surface area (Å²) in [4.78, 5) is 30.1. The third-order valence-electron chi connectivity index (χ3n) is 6.59. The maximum absolute atomic E-state index is 13.3. The summed E-state index contributed by atoms with van der Waals surface area (Å²) in [5.74, 6) is 0.0939. The van der Waals surface area contributed by atoms with Gasteiger partial charge in [-0.2, -0.15) is 5.10 Å². The van der Waals surface area contributed by atoms with Crippen LogP contribution < -0.4 is 10.5 Å². The van der Waals surface area contributed by atoms with E-state index in [9.17, 15) is 9.59 Å². The fraction of sp³-hybridized carbons (Fsp3) is 0.522. The monoisotopic (exact) mass is 408 g/mol. The molecule has 1 aliphatic carbocycles. The van der Waals surface area contributed by atoms with Gasteiger partial charge in [0.1, 0.15) is 0 Å². The number of rotatable bonds is 3. The van der Waals surface area contributed by atoms with Crippen molar-refractivity contribution in [2.75, 3.05) is 44.3 Å². The third-order valence-corrected chi connectivity index (χ3v) is 6.59. The molecule has 1 aromatic carbocycles. The molecule has 5 rings (SSSR count). The Bertz CT molecular complexity index is 996. The molecule has 0 unspecified atom stereocenters. The molecule has 2 fully saturated rings. The van der Waals surface area contributed by atoms with Gasteiger partial charge in [0, 0.05) is 37.8 Å². The number of benzene rings is 1. The smallest absolute Gasteiger partial charge is 0.269 e. The topological polar surface area (TPSA) is 67.7 Å². The largest absolute Gasteiger partial charge is 0.378 e. The average molecular weight is 409 g/mol. The van der Waals surface area contributed by atoms with Crippen molar-refractivity contribution in [1.82, 2.24) is 14.7 Å². The molecule has 7 heteroatoms. The molecule has 0 N–H and O–H groups in total. The molecule has 1 atom stereocenters. The molecule has 2 saturated heterocycles. The van der Waals surface area contributed by atoms with E-state index in [0.717, 1.165) is 63.0 Å². The van der Waals surface area contributed by atoms with E-state index in [2.05, 4.69) is 16.1 Å². The highest BCUT2D eigenvalue weighted by atomic mass is 16.5. The second-order valence-electron chi connectivity index (χ2n) is 8.44. The number of anilines is 1. The number of likely N-dealkylation sites (tertiary alicyclic amines) is 1. The molecular formula is C23H28N4O3. The molecule has 0 saturated carbocycles. The van der Waals surface area contributed by atoms with Crippen molar-refractivity contribution in [3.8, 4) is 0 Å². The number of carbonyl (C=O) groups is 1. The summed E-state index contributed by atoms with van der Waals surface area (Å²) in [6, 6.07) is 7.68. The molecule has 1 aromatic heterocycles. The number of carbonyl (C=O) groups excluding carboxylic acids is 1. The predicted molar refractivity (Wildman–Crippen MR) is 114 cm³/mol. The first-order valence-corrected chi connectivity index (χ1v) is 11.0. The number of hydrogen-bond acceptors (Lipinski definition) is 5. The van der Waals surface area contributed by atoms with E-state index >= 15 is 0 Å². The van der Waals surface area contributed by atoms with Crippen molar-refractivity contribution in [2.24, 2.45) is 0 Å². The summed E-state index contributed by atoms with van der Waals surface area (Å²) in [5.41, 5.74) is 4.12. The minimum atomic E-state index is -0.0982. The van der Waals surface area contributed by atoms with Gasteiger partial charge in [0.25, 0.3) is 11.5 Å². The maximum atomic E-state index is 13.3. The molecule has 158 valence electrons. The Morgan fingerprint density at radius 3 is 2.80 bits per heavy atom. The van der Waals surface area contributed by atoms with Crippen molar-refractivity contribution in [2.45, 2.75) is 38.1 Å². The zero-order valence-electron chi connectivity index (χ0n) is 17.3. The van der Waals surface area contributed by atoms with Crippen LogP contribution in [-0.2, 0) is 17.6 Å². The lowest BCUT2D eigenvalue weighted by molar-refractivity contribution is 0.0669. The van der Waals surface area contributed by atoms with Gasteiger partial charge < -0.3 is 14.5 Å². The molecule has 2 aromatic rings. The molecular weight excluding hydrogens is 380 g/mol. The molecule has 30 heavy (non-hydrogen) atoms. The van der Waals surface area contributed by atoms with Gasteiger partial charge >= 0.3 is 0 Å². The van der Waals surface area contributed by atoms with E-state index in [1.807, 2.05) is 17.0 Å². The van der Waals surface area contributed by atoms with Crippen LogP contribution >= 0.6 is 0 Å². The van der Waals surface area contributed by atoms with E-state index in [1.54, 1.807) is 16.9 Å². The Labute approximate surface area is 176 Å². The zero-order valence-corrected chi connectivity index (χ0v) is 17.3. The summed E-state index contributed by atoms with van der Waals surface area (Å²) < 4.78 is 6.95. The number of aryl methyl sites for hydroxylation is 1. The Hall–Kier alpha value is -2.67. The van der Waals surface area contributed by atoms with Gasteiger partial charge in [0.05, 0.1) is 31.1 Å². The van der Waals surface area contributed by atoms with E-state index in [-0.39, 0.29) is 17.5 Å². The highest BCUT2D eigenvalue weighted by Gasteiger charge is 2.29. The second-order valence-corrected chi connectivity index (χ2v) is 8.44. The quantitative estimate of drug-likeness (QED) is 0.778. The number of piperidine rings is 1. The summed E-state index contributed by atoms with van der Waals surface area (Å²) >= 11 is 0. The Kier molecular flexibility index (Phi) is 5.29. The number of hydrogen-bond donors (Lipinski definition) is 0. The highest BCUT2D eigenvalue weighted by Crippen LogP contribution is 2.28. The van der Waals surface area contributed by atoms with Gasteiger partial charge in [-0.25, -0.2) is 4.68 Å². The van der Waals surface area contributed by atoms with Gasteiger partial charge in [-0.15, -0.1) is 0 Å². The molecule has 0 spiro atoms. The maximum Gasteiger partial charge on any atom is 0.269 e. The Morgan fingerprint density at radius 2 is 1.97 bits per heavy atom. The zero-order chi connectivity index (χ0) is 20.5. The van der Waals surface area contributed by atoms with Crippen LogP contribution in [0, 0.1) is 0 Å². The molecule has 0 radical (unpaired) electrons. The second kappa shape index (κ2) is 8.22. The average Bonchev–Trinajstić information content (AvgIpc) is 3.28. The molecule has 3 aliphatic rings. The van der Waals surface area contributed by atoms with Crippen molar-refractivity contribution in [3.63, 3.8) is 0 Å². The summed E-state index contributed by atoms with van der Waals surface area (Å²) in [7, 11) is 0. The molecule has 2 aliphatic heterocycles. The molecule has 1 amide bonds. The molecule has 7 nitrogen and oxygen atoms in total. The summed E-state index contributed by atoms with van der Waals surface area (Å²) in [5, 5.41) is 4.49. The van der Waals surface area contributed by atoms with Crippen molar-refractivity contribution in [3.05, 3.63) is 57.5 Å². The normalized spacial score (nSPS) is 21.5. The van der Waals surface area contributed by atoms with E-state index in [4.69, 9.17) is 4.74 Å². The van der Waals surface area contributed by atoms with Gasteiger partial charge in [0.2, 0.25) is 0 Å². The van der Waals surface area contributed by atoms with Crippen molar-refractivity contribution in [1.29, 1.82) is 0 Å². The van der Waals surface area contributed by atoms with Crippen LogP contribution in [0.15, 0.2) is 35.3 Å². The third kappa shape index (κ3) is 3.62. The standard InChI is InChI=1S/C23H28N4O3/c28-22-14-19(25-10-12-30-13-11-25)15-24-27(22)18-6-3-9-26(16-18)23(29)21-8-2-5-17-4-1-7-20(17)21/h2,5,8,14-15,18H,1,3-4,6-7,9-13,16H2/t18-/m0/s1. The first kappa shape index (κ1) is 19.3. The summed E-state index contributed by atoms with van der Waals surface area (Å²) in [6.45, 7) is 4.17. The van der Waals surface area contributed by atoms with Gasteiger partial charge in [0.15, 0.2) is 0 Å². The lowest BCUT2D eigenvalue weighted by atomic mass is 10.00. The minimum absolute atomic E-state index is 0.0781. The van der Waals surface area contributed by atoms with Crippen LogP contribution in [0.2, 0.25) is 0 Å². The number of fused-ring (bicyclic) bond motifs is 1. The van der Waals surface area contributed by atoms with E-state index < -0.39 is 0 Å². The Morgan fingerprint density at radius 1 is 1.10 bits per heavy atom. The number of nitrogens with zero attached hydrogens (tertiary/aromatic N) is 4. The lowest BCUT2D eigenvalue weighted by Gasteiger charge is -2.34. The van der Waals surface area contributed by atoms with Crippen LogP contribution in [0.25, 0.3) is 0 Å². The number of amides is 1. The van der Waals surface area contributed by atoms with Crippen LogP contribution in [0.4, 0.5) is 5.69 Å². The Balaban J connectivity index is 1.34. The lowest BCUT2D eigenvalue weighted by Crippen LogP contribution is -2.44. The van der Waals surface area contributed by atoms with Gasteiger partial charge in [-0.05, 0) is 49.3 Å². The predicted octanol–water partition coefficient (Wildman–Crippen LogP) is 2.05.